The summed E-state index contributed by atoms with van der Waals surface area (Å²) in [5.74, 6) is 0.192. The standard InChI is InChI=1S/C22H31N3O4/c1-3-8-24-22(28)25-10-7-15(13-21(26)27)17(14-25)12-20-19-5-4-18(29-2)11-16(19)6-9-23-20/h4-5,11,15,17H,3,6-10,12-14H2,1-2H3,(H,24,28)(H,26,27)/t15-,17-/m0/s1. The number of aliphatic imine (C=N–C) groups is 1. The number of carboxylic acids is 1. The van der Waals surface area contributed by atoms with E-state index in [-0.39, 0.29) is 24.3 Å². The van der Waals surface area contributed by atoms with Crippen LogP contribution in [0, 0.1) is 11.8 Å². The van der Waals surface area contributed by atoms with E-state index in [0.29, 0.717) is 32.5 Å². The normalized spacial score (nSPS) is 21.2. The van der Waals surface area contributed by atoms with E-state index in [1.807, 2.05) is 24.0 Å². The van der Waals surface area contributed by atoms with Gasteiger partial charge in [0, 0.05) is 38.3 Å². The van der Waals surface area contributed by atoms with E-state index < -0.39 is 5.97 Å². The van der Waals surface area contributed by atoms with Gasteiger partial charge in [-0.1, -0.05) is 6.92 Å². The van der Waals surface area contributed by atoms with Crippen LogP contribution < -0.4 is 10.1 Å². The van der Waals surface area contributed by atoms with Crippen LogP contribution in [0.1, 0.15) is 43.7 Å². The van der Waals surface area contributed by atoms with Crippen LogP contribution in [-0.4, -0.2) is 61.0 Å². The zero-order chi connectivity index (χ0) is 20.8. The molecule has 2 atom stereocenters. The molecule has 2 aliphatic heterocycles. The van der Waals surface area contributed by atoms with Gasteiger partial charge in [0.25, 0.3) is 0 Å². The van der Waals surface area contributed by atoms with Crippen LogP contribution in [0.15, 0.2) is 23.2 Å². The van der Waals surface area contributed by atoms with Crippen molar-refractivity contribution in [2.45, 2.75) is 39.0 Å². The first-order valence-electron chi connectivity index (χ1n) is 10.5. The minimum absolute atomic E-state index is 0.0500. The van der Waals surface area contributed by atoms with E-state index >= 15 is 0 Å². The van der Waals surface area contributed by atoms with Crippen molar-refractivity contribution in [2.75, 3.05) is 33.3 Å². The van der Waals surface area contributed by atoms with Crippen molar-refractivity contribution in [1.29, 1.82) is 0 Å². The lowest BCUT2D eigenvalue weighted by atomic mass is 9.78. The van der Waals surface area contributed by atoms with Crippen molar-refractivity contribution in [1.82, 2.24) is 10.2 Å². The molecule has 2 heterocycles. The van der Waals surface area contributed by atoms with Crippen LogP contribution in [0.3, 0.4) is 0 Å². The number of carbonyl (C=O) groups is 2. The number of amides is 2. The van der Waals surface area contributed by atoms with Crippen molar-refractivity contribution in [3.63, 3.8) is 0 Å². The molecule has 0 spiro atoms. The van der Waals surface area contributed by atoms with Crippen molar-refractivity contribution < 1.29 is 19.4 Å². The predicted molar refractivity (Wildman–Crippen MR) is 112 cm³/mol. The van der Waals surface area contributed by atoms with E-state index in [1.165, 1.54) is 5.56 Å². The number of urea groups is 1. The van der Waals surface area contributed by atoms with Gasteiger partial charge in [-0.25, -0.2) is 4.79 Å². The number of hydrogen-bond acceptors (Lipinski definition) is 4. The molecule has 7 heteroatoms. The average molecular weight is 402 g/mol. The third kappa shape index (κ3) is 5.28. The Morgan fingerprint density at radius 3 is 2.90 bits per heavy atom. The summed E-state index contributed by atoms with van der Waals surface area (Å²) in [5.41, 5.74) is 3.36. The molecule has 1 saturated heterocycles. The second-order valence-electron chi connectivity index (χ2n) is 7.89. The first kappa shape index (κ1) is 21.1. The van der Waals surface area contributed by atoms with Crippen LogP contribution in [0.2, 0.25) is 0 Å². The van der Waals surface area contributed by atoms with Crippen LogP contribution in [0.5, 0.6) is 5.75 Å². The van der Waals surface area contributed by atoms with Gasteiger partial charge in [0.15, 0.2) is 0 Å². The fraction of sp³-hybridized carbons (Fsp3) is 0.591. The van der Waals surface area contributed by atoms with Gasteiger partial charge in [0.1, 0.15) is 5.75 Å². The number of benzene rings is 1. The molecule has 29 heavy (non-hydrogen) atoms. The summed E-state index contributed by atoms with van der Waals surface area (Å²) >= 11 is 0. The zero-order valence-electron chi connectivity index (χ0n) is 17.3. The largest absolute Gasteiger partial charge is 0.497 e. The van der Waals surface area contributed by atoms with Crippen LogP contribution in [-0.2, 0) is 11.2 Å². The summed E-state index contributed by atoms with van der Waals surface area (Å²) in [5, 5.41) is 12.3. The molecule has 7 nitrogen and oxygen atoms in total. The van der Waals surface area contributed by atoms with E-state index in [1.54, 1.807) is 7.11 Å². The zero-order valence-corrected chi connectivity index (χ0v) is 17.3. The van der Waals surface area contributed by atoms with Gasteiger partial charge in [-0.05, 0) is 66.8 Å². The van der Waals surface area contributed by atoms with Gasteiger partial charge < -0.3 is 20.1 Å². The number of nitrogens with zero attached hydrogens (tertiary/aromatic N) is 2. The molecule has 0 saturated carbocycles. The summed E-state index contributed by atoms with van der Waals surface area (Å²) in [6, 6.07) is 6.00. The van der Waals surface area contributed by atoms with E-state index in [9.17, 15) is 14.7 Å². The fourth-order valence-corrected chi connectivity index (χ4v) is 4.34. The van der Waals surface area contributed by atoms with Gasteiger partial charge in [-0.15, -0.1) is 0 Å². The first-order valence-corrected chi connectivity index (χ1v) is 10.5. The smallest absolute Gasteiger partial charge is 0.317 e. The van der Waals surface area contributed by atoms with Crippen molar-refractivity contribution in [3.8, 4) is 5.75 Å². The number of carbonyl (C=O) groups excluding carboxylic acids is 1. The number of nitrogens with one attached hydrogen (secondary N) is 1. The van der Waals surface area contributed by atoms with E-state index in [4.69, 9.17) is 9.73 Å². The number of piperidine rings is 1. The lowest BCUT2D eigenvalue weighted by molar-refractivity contribution is -0.138. The highest BCUT2D eigenvalue weighted by Gasteiger charge is 2.34. The first-order chi connectivity index (χ1) is 14.0. The maximum atomic E-state index is 12.4. The molecule has 3 rings (SSSR count). The molecule has 0 radical (unpaired) electrons. The van der Waals surface area contributed by atoms with Crippen molar-refractivity contribution in [3.05, 3.63) is 29.3 Å². The number of rotatable bonds is 7. The summed E-state index contributed by atoms with van der Waals surface area (Å²) < 4.78 is 5.34. The number of hydrogen-bond donors (Lipinski definition) is 2. The fourth-order valence-electron chi connectivity index (χ4n) is 4.34. The number of ether oxygens (including phenoxy) is 1. The summed E-state index contributed by atoms with van der Waals surface area (Å²) in [6.07, 6.45) is 3.30. The van der Waals surface area contributed by atoms with E-state index in [0.717, 1.165) is 36.4 Å². The summed E-state index contributed by atoms with van der Waals surface area (Å²) in [7, 11) is 1.66. The number of fused-ring (bicyclic) bond motifs is 1. The molecule has 0 aliphatic carbocycles. The van der Waals surface area contributed by atoms with E-state index in [2.05, 4.69) is 11.4 Å². The molecule has 2 aliphatic rings. The van der Waals surface area contributed by atoms with Crippen molar-refractivity contribution in [2.24, 2.45) is 16.8 Å². The minimum Gasteiger partial charge on any atom is -0.497 e. The SMILES string of the molecule is CCCNC(=O)N1CC[C@@H](CC(=O)O)[C@@H](CC2=NCCc3cc(OC)ccc32)C1. The molecule has 0 aromatic heterocycles. The highest BCUT2D eigenvalue weighted by atomic mass is 16.5. The van der Waals surface area contributed by atoms with Crippen LogP contribution in [0.4, 0.5) is 4.79 Å². The maximum Gasteiger partial charge on any atom is 0.317 e. The molecule has 1 aromatic carbocycles. The predicted octanol–water partition coefficient (Wildman–Crippen LogP) is 2.96. The average Bonchev–Trinajstić information content (AvgIpc) is 2.72. The van der Waals surface area contributed by atoms with Gasteiger partial charge in [0.05, 0.1) is 7.11 Å². The number of carboxylic acid groups (broad SMARTS) is 1. The molecule has 2 amide bonds. The monoisotopic (exact) mass is 401 g/mol. The topological polar surface area (TPSA) is 91.2 Å². The second-order valence-corrected chi connectivity index (χ2v) is 7.89. The summed E-state index contributed by atoms with van der Waals surface area (Å²) in [4.78, 5) is 30.4. The van der Waals surface area contributed by atoms with Gasteiger partial charge in [-0.2, -0.15) is 0 Å². The minimum atomic E-state index is -0.778. The van der Waals surface area contributed by atoms with Gasteiger partial charge >= 0.3 is 12.0 Å². The van der Waals surface area contributed by atoms with Gasteiger partial charge in [-0.3, -0.25) is 9.79 Å². The Morgan fingerprint density at radius 1 is 1.34 bits per heavy atom. The maximum absolute atomic E-state index is 12.4. The quantitative estimate of drug-likeness (QED) is 0.735. The molecule has 1 fully saturated rings. The van der Waals surface area contributed by atoms with Crippen LogP contribution in [0.25, 0.3) is 0 Å². The molecular formula is C22H31N3O4. The Bertz CT molecular complexity index is 777. The van der Waals surface area contributed by atoms with Crippen molar-refractivity contribution >= 4 is 17.7 Å². The lowest BCUT2D eigenvalue weighted by Gasteiger charge is -2.38. The molecule has 2 N–H and O–H groups in total. The highest BCUT2D eigenvalue weighted by Crippen LogP contribution is 2.32. The molecule has 0 unspecified atom stereocenters. The van der Waals surface area contributed by atoms with Gasteiger partial charge in [0.2, 0.25) is 0 Å². The highest BCUT2D eigenvalue weighted by molar-refractivity contribution is 6.03. The number of likely N-dealkylation sites (tertiary alicyclic amines) is 1. The summed E-state index contributed by atoms with van der Waals surface area (Å²) in [6.45, 7) is 4.57. The molecule has 158 valence electrons. The number of methoxy groups -OCH3 is 1. The lowest BCUT2D eigenvalue weighted by Crippen LogP contribution is -2.49. The van der Waals surface area contributed by atoms with Crippen LogP contribution >= 0.6 is 0 Å². The second kappa shape index (κ2) is 9.76. The third-order valence-corrected chi connectivity index (χ3v) is 5.90. The molecular weight excluding hydrogens is 370 g/mol. The Hall–Kier alpha value is -2.57. The molecule has 0 bridgehead atoms. The number of aliphatic carboxylic acids is 1. The Kier molecular flexibility index (Phi) is 7.12. The third-order valence-electron chi connectivity index (χ3n) is 5.90. The Labute approximate surface area is 172 Å². The Balaban J connectivity index is 1.76. The Morgan fingerprint density at radius 2 is 2.17 bits per heavy atom. The molecule has 1 aromatic rings.